The fourth-order valence-corrected chi connectivity index (χ4v) is 2.43. The molecule has 1 aliphatic heterocycles. The van der Waals surface area contributed by atoms with Crippen LogP contribution in [0, 0.1) is 6.92 Å². The molecule has 2 unspecified atom stereocenters. The first kappa shape index (κ1) is 11.6. The lowest BCUT2D eigenvalue weighted by Crippen LogP contribution is -2.31. The van der Waals surface area contributed by atoms with Gasteiger partial charge in [0, 0.05) is 25.2 Å². The average Bonchev–Trinajstić information content (AvgIpc) is 2.77. The van der Waals surface area contributed by atoms with E-state index in [9.17, 15) is 0 Å². The number of likely N-dealkylation sites (tertiary alicyclic amines) is 1. The van der Waals surface area contributed by atoms with Crippen molar-refractivity contribution in [1.82, 2.24) is 10.2 Å². The predicted molar refractivity (Wildman–Crippen MR) is 68.6 cm³/mol. The van der Waals surface area contributed by atoms with Crippen molar-refractivity contribution in [3.05, 3.63) is 35.4 Å². The number of nitrogens with one attached hydrogen (secondary N) is 1. The Hall–Kier alpha value is -0.860. The molecule has 2 rings (SSSR count). The summed E-state index contributed by atoms with van der Waals surface area (Å²) < 4.78 is 0. The molecule has 0 spiro atoms. The molecule has 0 bridgehead atoms. The molecule has 2 nitrogen and oxygen atoms in total. The number of rotatable bonds is 3. The molecule has 2 heteroatoms. The molecule has 88 valence electrons. The van der Waals surface area contributed by atoms with Crippen LogP contribution >= 0.6 is 0 Å². The van der Waals surface area contributed by atoms with Crippen molar-refractivity contribution in [2.24, 2.45) is 0 Å². The van der Waals surface area contributed by atoms with Crippen LogP contribution in [0.3, 0.4) is 0 Å². The molecule has 1 aromatic carbocycles. The van der Waals surface area contributed by atoms with Crippen molar-refractivity contribution in [2.45, 2.75) is 32.4 Å². The van der Waals surface area contributed by atoms with Crippen LogP contribution in [0.2, 0.25) is 0 Å². The average molecular weight is 218 g/mol. The van der Waals surface area contributed by atoms with E-state index in [4.69, 9.17) is 0 Å². The van der Waals surface area contributed by atoms with Gasteiger partial charge in [0.05, 0.1) is 0 Å². The second-order valence-corrected chi connectivity index (χ2v) is 4.86. The number of hydrogen-bond donors (Lipinski definition) is 1. The smallest absolute Gasteiger partial charge is 0.0320 e. The fraction of sp³-hybridized carbons (Fsp3) is 0.571. The van der Waals surface area contributed by atoms with Crippen LogP contribution in [-0.4, -0.2) is 31.1 Å². The van der Waals surface area contributed by atoms with E-state index in [0.29, 0.717) is 12.1 Å². The van der Waals surface area contributed by atoms with Crippen LogP contribution in [0.5, 0.6) is 0 Å². The number of hydrogen-bond acceptors (Lipinski definition) is 2. The highest BCUT2D eigenvalue weighted by Gasteiger charge is 2.25. The first-order valence-electron chi connectivity index (χ1n) is 6.18. The Kier molecular flexibility index (Phi) is 3.62. The van der Waals surface area contributed by atoms with Gasteiger partial charge in [-0.2, -0.15) is 0 Å². The van der Waals surface area contributed by atoms with Crippen LogP contribution in [-0.2, 0) is 0 Å². The maximum Gasteiger partial charge on any atom is 0.0320 e. The number of nitrogens with zero attached hydrogens (tertiary/aromatic N) is 1. The van der Waals surface area contributed by atoms with Crippen LogP contribution in [0.4, 0.5) is 0 Å². The summed E-state index contributed by atoms with van der Waals surface area (Å²) in [5.41, 5.74) is 2.77. The Labute approximate surface area is 98.7 Å². The summed E-state index contributed by atoms with van der Waals surface area (Å²) in [4.78, 5) is 2.56. The SMILES string of the molecule is CNC1CCN(C(C)c2ccc(C)cc2)C1. The third kappa shape index (κ3) is 2.45. The number of likely N-dealkylation sites (N-methyl/N-ethyl adjacent to an activating group) is 1. The summed E-state index contributed by atoms with van der Waals surface area (Å²) in [5, 5.41) is 3.37. The van der Waals surface area contributed by atoms with Gasteiger partial charge in [0.15, 0.2) is 0 Å². The number of aryl methyl sites for hydroxylation is 1. The highest BCUT2D eigenvalue weighted by Crippen LogP contribution is 2.24. The second kappa shape index (κ2) is 4.98. The van der Waals surface area contributed by atoms with E-state index in [2.05, 4.69) is 55.4 Å². The van der Waals surface area contributed by atoms with Crippen LogP contribution in [0.1, 0.15) is 30.5 Å². The summed E-state index contributed by atoms with van der Waals surface area (Å²) in [6.07, 6.45) is 1.27. The lowest BCUT2D eigenvalue weighted by Gasteiger charge is -2.24. The standard InChI is InChI=1S/C14H22N2/c1-11-4-6-13(7-5-11)12(2)16-9-8-14(10-16)15-3/h4-7,12,14-15H,8-10H2,1-3H3. The van der Waals surface area contributed by atoms with Crippen molar-refractivity contribution in [3.8, 4) is 0 Å². The third-order valence-electron chi connectivity index (χ3n) is 3.74. The summed E-state index contributed by atoms with van der Waals surface area (Å²) in [6.45, 7) is 6.83. The molecule has 1 N–H and O–H groups in total. The van der Waals surface area contributed by atoms with Crippen molar-refractivity contribution < 1.29 is 0 Å². The van der Waals surface area contributed by atoms with Gasteiger partial charge in [-0.25, -0.2) is 0 Å². The maximum atomic E-state index is 3.37. The molecule has 1 aliphatic rings. The molecule has 0 aromatic heterocycles. The van der Waals surface area contributed by atoms with E-state index in [1.807, 2.05) is 0 Å². The zero-order valence-corrected chi connectivity index (χ0v) is 10.5. The van der Waals surface area contributed by atoms with Gasteiger partial charge >= 0.3 is 0 Å². The zero-order valence-electron chi connectivity index (χ0n) is 10.5. The van der Waals surface area contributed by atoms with Gasteiger partial charge in [0.2, 0.25) is 0 Å². The third-order valence-corrected chi connectivity index (χ3v) is 3.74. The van der Waals surface area contributed by atoms with E-state index in [0.717, 1.165) is 0 Å². The minimum atomic E-state index is 0.541. The molecule has 2 atom stereocenters. The molecule has 0 saturated carbocycles. The molecule has 1 heterocycles. The van der Waals surface area contributed by atoms with E-state index < -0.39 is 0 Å². The van der Waals surface area contributed by atoms with Crippen molar-refractivity contribution in [2.75, 3.05) is 20.1 Å². The molecular formula is C14H22N2. The zero-order chi connectivity index (χ0) is 11.5. The van der Waals surface area contributed by atoms with Crippen molar-refractivity contribution in [3.63, 3.8) is 0 Å². The Morgan fingerprint density at radius 2 is 2.00 bits per heavy atom. The van der Waals surface area contributed by atoms with Crippen LogP contribution in [0.15, 0.2) is 24.3 Å². The molecule has 1 aromatic rings. The summed E-state index contributed by atoms with van der Waals surface area (Å²) >= 11 is 0. The lowest BCUT2D eigenvalue weighted by molar-refractivity contribution is 0.257. The molecule has 16 heavy (non-hydrogen) atoms. The maximum absolute atomic E-state index is 3.37. The first-order chi connectivity index (χ1) is 7.70. The lowest BCUT2D eigenvalue weighted by atomic mass is 10.1. The molecule has 0 radical (unpaired) electrons. The second-order valence-electron chi connectivity index (χ2n) is 4.86. The van der Waals surface area contributed by atoms with Gasteiger partial charge < -0.3 is 5.32 Å². The Morgan fingerprint density at radius 3 is 2.56 bits per heavy atom. The van der Waals surface area contributed by atoms with E-state index in [1.54, 1.807) is 0 Å². The minimum absolute atomic E-state index is 0.541. The summed E-state index contributed by atoms with van der Waals surface area (Å²) in [7, 11) is 2.06. The molecule has 1 fully saturated rings. The molecule has 0 amide bonds. The van der Waals surface area contributed by atoms with Gasteiger partial charge in [0.1, 0.15) is 0 Å². The Morgan fingerprint density at radius 1 is 1.31 bits per heavy atom. The van der Waals surface area contributed by atoms with Crippen LogP contribution < -0.4 is 5.32 Å². The van der Waals surface area contributed by atoms with Gasteiger partial charge in [0.25, 0.3) is 0 Å². The summed E-state index contributed by atoms with van der Waals surface area (Å²) in [6, 6.07) is 10.1. The van der Waals surface area contributed by atoms with E-state index in [-0.39, 0.29) is 0 Å². The normalized spacial score (nSPS) is 23.6. The number of benzene rings is 1. The largest absolute Gasteiger partial charge is 0.316 e. The van der Waals surface area contributed by atoms with Crippen molar-refractivity contribution >= 4 is 0 Å². The van der Waals surface area contributed by atoms with Gasteiger partial charge in [-0.15, -0.1) is 0 Å². The van der Waals surface area contributed by atoms with Gasteiger partial charge in [-0.05, 0) is 32.9 Å². The first-order valence-corrected chi connectivity index (χ1v) is 6.18. The fourth-order valence-electron chi connectivity index (χ4n) is 2.43. The van der Waals surface area contributed by atoms with Gasteiger partial charge in [-0.3, -0.25) is 4.90 Å². The quantitative estimate of drug-likeness (QED) is 0.838. The predicted octanol–water partition coefficient (Wildman–Crippen LogP) is 2.35. The highest BCUT2D eigenvalue weighted by molar-refractivity contribution is 5.24. The summed E-state index contributed by atoms with van der Waals surface area (Å²) in [5.74, 6) is 0. The highest BCUT2D eigenvalue weighted by atomic mass is 15.2. The van der Waals surface area contributed by atoms with Crippen molar-refractivity contribution in [1.29, 1.82) is 0 Å². The van der Waals surface area contributed by atoms with Gasteiger partial charge in [-0.1, -0.05) is 29.8 Å². The topological polar surface area (TPSA) is 15.3 Å². The molecule has 0 aliphatic carbocycles. The van der Waals surface area contributed by atoms with E-state index in [1.165, 1.54) is 30.6 Å². The Bertz CT molecular complexity index is 331. The van der Waals surface area contributed by atoms with Crippen LogP contribution in [0.25, 0.3) is 0 Å². The molecule has 1 saturated heterocycles. The molecular weight excluding hydrogens is 196 g/mol. The minimum Gasteiger partial charge on any atom is -0.316 e. The van der Waals surface area contributed by atoms with E-state index >= 15 is 0 Å². The monoisotopic (exact) mass is 218 g/mol. The Balaban J connectivity index is 2.02.